The van der Waals surface area contributed by atoms with Gasteiger partial charge in [-0.1, -0.05) is 17.7 Å². The van der Waals surface area contributed by atoms with Gasteiger partial charge in [0, 0.05) is 23.5 Å². The summed E-state index contributed by atoms with van der Waals surface area (Å²) in [6, 6.07) is 16.1. The number of hydrogen-bond donors (Lipinski definition) is 0. The number of nitrogens with zero attached hydrogens (tertiary/aromatic N) is 1. The zero-order valence-corrected chi connectivity index (χ0v) is 10.8. The molecule has 0 fully saturated rings. The molecule has 0 amide bonds. The highest BCUT2D eigenvalue weighted by atomic mass is 16.1. The van der Waals surface area contributed by atoms with Gasteiger partial charge in [-0.3, -0.25) is 4.79 Å². The van der Waals surface area contributed by atoms with Gasteiger partial charge in [-0.2, -0.15) is 0 Å². The predicted octanol–water partition coefficient (Wildman–Crippen LogP) is 3.97. The first-order valence-corrected chi connectivity index (χ1v) is 6.14. The molecule has 18 heavy (non-hydrogen) atoms. The van der Waals surface area contributed by atoms with Crippen molar-refractivity contribution in [1.29, 1.82) is 0 Å². The minimum atomic E-state index is 0.707. The summed E-state index contributed by atoms with van der Waals surface area (Å²) in [6.07, 6.45) is 0.867. The van der Waals surface area contributed by atoms with Crippen LogP contribution in [0.15, 0.2) is 48.5 Å². The highest BCUT2D eigenvalue weighted by Crippen LogP contribution is 2.25. The molecule has 0 aliphatic heterocycles. The van der Waals surface area contributed by atoms with E-state index >= 15 is 0 Å². The maximum absolute atomic E-state index is 10.7. The fraction of sp³-hybridized carbons (Fsp3) is 0.188. The van der Waals surface area contributed by atoms with Gasteiger partial charge in [0.2, 0.25) is 0 Å². The number of rotatable bonds is 4. The van der Waals surface area contributed by atoms with Crippen molar-refractivity contribution in [2.75, 3.05) is 11.4 Å². The van der Waals surface area contributed by atoms with Crippen molar-refractivity contribution < 1.29 is 4.79 Å². The molecule has 0 aliphatic rings. The number of carbonyl (C=O) groups is 1. The van der Waals surface area contributed by atoms with Gasteiger partial charge in [0.25, 0.3) is 0 Å². The van der Waals surface area contributed by atoms with Crippen LogP contribution >= 0.6 is 0 Å². The van der Waals surface area contributed by atoms with Gasteiger partial charge in [-0.05, 0) is 50.2 Å². The van der Waals surface area contributed by atoms with Crippen molar-refractivity contribution in [3.05, 3.63) is 59.7 Å². The number of aryl methyl sites for hydroxylation is 1. The van der Waals surface area contributed by atoms with E-state index in [0.717, 1.165) is 18.5 Å². The standard InChI is InChI=1S/C16H17NO/c1-3-17(15-8-4-13(2)5-9-15)16-10-6-14(12-18)7-11-16/h4-12H,3H2,1-2H3. The third kappa shape index (κ3) is 2.59. The van der Waals surface area contributed by atoms with E-state index in [2.05, 4.69) is 43.0 Å². The van der Waals surface area contributed by atoms with E-state index in [1.165, 1.54) is 11.3 Å². The van der Waals surface area contributed by atoms with Crippen molar-refractivity contribution in [3.63, 3.8) is 0 Å². The maximum atomic E-state index is 10.7. The van der Waals surface area contributed by atoms with Gasteiger partial charge in [-0.25, -0.2) is 0 Å². The fourth-order valence-electron chi connectivity index (χ4n) is 1.97. The molecule has 2 aromatic rings. The van der Waals surface area contributed by atoms with Crippen LogP contribution in [0.3, 0.4) is 0 Å². The first-order chi connectivity index (χ1) is 8.74. The molecule has 2 heteroatoms. The number of carbonyl (C=O) groups excluding carboxylic acids is 1. The molecule has 2 nitrogen and oxygen atoms in total. The van der Waals surface area contributed by atoms with E-state index in [4.69, 9.17) is 0 Å². The lowest BCUT2D eigenvalue weighted by Gasteiger charge is -2.23. The molecule has 0 spiro atoms. The van der Waals surface area contributed by atoms with E-state index in [9.17, 15) is 4.79 Å². The fourth-order valence-corrected chi connectivity index (χ4v) is 1.97. The molecule has 0 unspecified atom stereocenters. The Balaban J connectivity index is 2.32. The minimum absolute atomic E-state index is 0.707. The molecule has 0 aromatic heterocycles. The molecule has 0 bridgehead atoms. The summed E-state index contributed by atoms with van der Waals surface area (Å²) in [5.41, 5.74) is 4.23. The van der Waals surface area contributed by atoms with E-state index in [1.54, 1.807) is 0 Å². The Morgan fingerprint density at radius 3 is 1.89 bits per heavy atom. The normalized spacial score (nSPS) is 10.1. The largest absolute Gasteiger partial charge is 0.342 e. The van der Waals surface area contributed by atoms with Gasteiger partial charge >= 0.3 is 0 Å². The first kappa shape index (κ1) is 12.4. The summed E-state index contributed by atoms with van der Waals surface area (Å²) in [4.78, 5) is 12.9. The summed E-state index contributed by atoms with van der Waals surface area (Å²) in [6.45, 7) is 5.09. The lowest BCUT2D eigenvalue weighted by atomic mass is 10.1. The lowest BCUT2D eigenvalue weighted by molar-refractivity contribution is 0.112. The quantitative estimate of drug-likeness (QED) is 0.752. The monoisotopic (exact) mass is 239 g/mol. The lowest BCUT2D eigenvalue weighted by Crippen LogP contribution is -2.15. The highest BCUT2D eigenvalue weighted by Gasteiger charge is 2.06. The zero-order valence-electron chi connectivity index (χ0n) is 10.8. The van der Waals surface area contributed by atoms with E-state index < -0.39 is 0 Å². The maximum Gasteiger partial charge on any atom is 0.150 e. The Morgan fingerprint density at radius 2 is 1.44 bits per heavy atom. The summed E-state index contributed by atoms with van der Waals surface area (Å²) in [5.74, 6) is 0. The van der Waals surface area contributed by atoms with Gasteiger partial charge in [-0.15, -0.1) is 0 Å². The van der Waals surface area contributed by atoms with Crippen LogP contribution in [0, 0.1) is 6.92 Å². The van der Waals surface area contributed by atoms with Crippen LogP contribution < -0.4 is 4.90 Å². The molecule has 92 valence electrons. The first-order valence-electron chi connectivity index (χ1n) is 6.14. The molecule has 0 saturated carbocycles. The van der Waals surface area contributed by atoms with E-state index in [0.29, 0.717) is 5.56 Å². The molecular weight excluding hydrogens is 222 g/mol. The van der Waals surface area contributed by atoms with E-state index in [-0.39, 0.29) is 0 Å². The summed E-state index contributed by atoms with van der Waals surface area (Å²) in [5, 5.41) is 0. The van der Waals surface area contributed by atoms with Crippen LogP contribution in [-0.4, -0.2) is 12.8 Å². The molecule has 0 saturated heterocycles. The zero-order chi connectivity index (χ0) is 13.0. The Labute approximate surface area is 108 Å². The van der Waals surface area contributed by atoms with Crippen LogP contribution in [-0.2, 0) is 0 Å². The summed E-state index contributed by atoms with van der Waals surface area (Å²) in [7, 11) is 0. The van der Waals surface area contributed by atoms with Gasteiger partial charge < -0.3 is 4.90 Å². The van der Waals surface area contributed by atoms with Crippen LogP contribution in [0.25, 0.3) is 0 Å². The number of aldehydes is 1. The van der Waals surface area contributed by atoms with Crippen LogP contribution in [0.4, 0.5) is 11.4 Å². The Morgan fingerprint density at radius 1 is 0.944 bits per heavy atom. The third-order valence-corrected chi connectivity index (χ3v) is 3.00. The van der Waals surface area contributed by atoms with Gasteiger partial charge in [0.15, 0.2) is 0 Å². The molecule has 2 rings (SSSR count). The van der Waals surface area contributed by atoms with E-state index in [1.807, 2.05) is 24.3 Å². The number of benzene rings is 2. The summed E-state index contributed by atoms with van der Waals surface area (Å²) < 4.78 is 0. The van der Waals surface area contributed by atoms with Crippen molar-refractivity contribution in [1.82, 2.24) is 0 Å². The molecule has 0 heterocycles. The number of hydrogen-bond acceptors (Lipinski definition) is 2. The second-order valence-electron chi connectivity index (χ2n) is 4.29. The van der Waals surface area contributed by atoms with Crippen molar-refractivity contribution in [3.8, 4) is 0 Å². The third-order valence-electron chi connectivity index (χ3n) is 3.00. The van der Waals surface area contributed by atoms with Gasteiger partial charge in [0.05, 0.1) is 0 Å². The Bertz CT molecular complexity index is 514. The molecule has 0 aliphatic carbocycles. The summed E-state index contributed by atoms with van der Waals surface area (Å²) >= 11 is 0. The number of anilines is 2. The SMILES string of the molecule is CCN(c1ccc(C)cc1)c1ccc(C=O)cc1. The van der Waals surface area contributed by atoms with Crippen molar-refractivity contribution >= 4 is 17.7 Å². The minimum Gasteiger partial charge on any atom is -0.342 e. The molecular formula is C16H17NO. The second-order valence-corrected chi connectivity index (χ2v) is 4.29. The van der Waals surface area contributed by atoms with Crippen LogP contribution in [0.2, 0.25) is 0 Å². The average molecular weight is 239 g/mol. The average Bonchev–Trinajstić information content (AvgIpc) is 2.42. The molecule has 0 atom stereocenters. The van der Waals surface area contributed by atoms with Crippen molar-refractivity contribution in [2.24, 2.45) is 0 Å². The highest BCUT2D eigenvalue weighted by molar-refractivity contribution is 5.76. The molecule has 0 radical (unpaired) electrons. The van der Waals surface area contributed by atoms with Crippen LogP contribution in [0.1, 0.15) is 22.8 Å². The van der Waals surface area contributed by atoms with Gasteiger partial charge in [0.1, 0.15) is 6.29 Å². The predicted molar refractivity (Wildman–Crippen MR) is 75.7 cm³/mol. The molecule has 0 N–H and O–H groups in total. The topological polar surface area (TPSA) is 20.3 Å². The second kappa shape index (κ2) is 5.50. The smallest absolute Gasteiger partial charge is 0.150 e. The van der Waals surface area contributed by atoms with Crippen LogP contribution in [0.5, 0.6) is 0 Å². The Hall–Kier alpha value is -2.09. The molecule has 2 aromatic carbocycles. The van der Waals surface area contributed by atoms with Crippen molar-refractivity contribution in [2.45, 2.75) is 13.8 Å². The Kier molecular flexibility index (Phi) is 3.78.